The molecule has 0 aromatic heterocycles. The first-order chi connectivity index (χ1) is 11.3. The molecular weight excluding hydrogens is 288 g/mol. The first-order valence-corrected chi connectivity index (χ1v) is 9.16. The van der Waals surface area contributed by atoms with E-state index in [9.17, 15) is 4.79 Å². The van der Waals surface area contributed by atoms with Crippen LogP contribution in [0.1, 0.15) is 83.3 Å². The van der Waals surface area contributed by atoms with E-state index < -0.39 is 6.16 Å². The Morgan fingerprint density at radius 3 is 2.26 bits per heavy atom. The van der Waals surface area contributed by atoms with Crippen LogP contribution < -0.4 is 0 Å². The summed E-state index contributed by atoms with van der Waals surface area (Å²) in [7, 11) is 0. The molecule has 1 atom stereocenters. The Hall–Kier alpha value is -1.51. The molecule has 0 saturated carbocycles. The van der Waals surface area contributed by atoms with Crippen molar-refractivity contribution < 1.29 is 14.3 Å². The van der Waals surface area contributed by atoms with E-state index in [0.717, 1.165) is 31.2 Å². The molecule has 3 nitrogen and oxygen atoms in total. The van der Waals surface area contributed by atoms with Crippen molar-refractivity contribution in [3.8, 4) is 0 Å². The van der Waals surface area contributed by atoms with E-state index in [2.05, 4.69) is 13.8 Å². The summed E-state index contributed by atoms with van der Waals surface area (Å²) < 4.78 is 10.7. The third-order valence-electron chi connectivity index (χ3n) is 3.95. The van der Waals surface area contributed by atoms with Crippen molar-refractivity contribution >= 4 is 6.16 Å². The number of carbonyl (C=O) groups excluding carboxylic acids is 1. The zero-order valence-electron chi connectivity index (χ0n) is 14.8. The zero-order valence-corrected chi connectivity index (χ0v) is 14.8. The third-order valence-corrected chi connectivity index (χ3v) is 3.95. The fourth-order valence-electron chi connectivity index (χ4n) is 2.52. The van der Waals surface area contributed by atoms with Gasteiger partial charge in [0.1, 0.15) is 6.10 Å². The largest absolute Gasteiger partial charge is 0.508 e. The highest BCUT2D eigenvalue weighted by atomic mass is 16.7. The van der Waals surface area contributed by atoms with Gasteiger partial charge in [-0.3, -0.25) is 0 Å². The maximum absolute atomic E-state index is 11.8. The highest BCUT2D eigenvalue weighted by Gasteiger charge is 2.17. The van der Waals surface area contributed by atoms with Crippen LogP contribution in [0.15, 0.2) is 30.3 Å². The lowest BCUT2D eigenvalue weighted by molar-refractivity contribution is 0.0184. The molecule has 0 saturated heterocycles. The topological polar surface area (TPSA) is 35.5 Å². The summed E-state index contributed by atoms with van der Waals surface area (Å²) in [4.78, 5) is 11.8. The van der Waals surface area contributed by atoms with Crippen molar-refractivity contribution in [2.24, 2.45) is 0 Å². The van der Waals surface area contributed by atoms with Crippen molar-refractivity contribution in [1.82, 2.24) is 0 Å². The summed E-state index contributed by atoms with van der Waals surface area (Å²) >= 11 is 0. The maximum Gasteiger partial charge on any atom is 0.508 e. The third kappa shape index (κ3) is 9.27. The molecule has 0 N–H and O–H groups in total. The number of benzene rings is 1. The lowest BCUT2D eigenvalue weighted by Crippen LogP contribution is -2.13. The molecule has 0 aliphatic heterocycles. The van der Waals surface area contributed by atoms with Crippen LogP contribution in [0.5, 0.6) is 0 Å². The molecule has 0 heterocycles. The van der Waals surface area contributed by atoms with Crippen molar-refractivity contribution in [3.05, 3.63) is 35.9 Å². The van der Waals surface area contributed by atoms with Crippen LogP contribution in [0, 0.1) is 0 Å². The highest BCUT2D eigenvalue weighted by Crippen LogP contribution is 2.25. The number of ether oxygens (including phenoxy) is 2. The van der Waals surface area contributed by atoms with Crippen LogP contribution in [-0.4, -0.2) is 12.8 Å². The standard InChI is InChI=1S/C20H32O3/c1-3-5-7-8-9-13-16-19(18-14-11-10-12-15-18)23-20(21)22-17-6-4-2/h10-12,14-15,19H,3-9,13,16-17H2,1-2H3. The van der Waals surface area contributed by atoms with E-state index in [-0.39, 0.29) is 6.10 Å². The number of rotatable bonds is 12. The predicted octanol–water partition coefficient (Wildman–Crippen LogP) is 6.43. The van der Waals surface area contributed by atoms with E-state index in [4.69, 9.17) is 9.47 Å². The maximum atomic E-state index is 11.8. The highest BCUT2D eigenvalue weighted by molar-refractivity contribution is 5.60. The Balaban J connectivity index is 2.42. The monoisotopic (exact) mass is 320 g/mol. The smallest absolute Gasteiger partial charge is 0.434 e. The number of hydrogen-bond acceptors (Lipinski definition) is 3. The van der Waals surface area contributed by atoms with Gasteiger partial charge < -0.3 is 9.47 Å². The second-order valence-electron chi connectivity index (χ2n) is 6.03. The summed E-state index contributed by atoms with van der Waals surface area (Å²) in [5, 5.41) is 0. The summed E-state index contributed by atoms with van der Waals surface area (Å²) in [5.74, 6) is 0. The van der Waals surface area contributed by atoms with Crippen LogP contribution in [0.3, 0.4) is 0 Å². The molecule has 0 radical (unpaired) electrons. The van der Waals surface area contributed by atoms with Crippen molar-refractivity contribution in [3.63, 3.8) is 0 Å². The Morgan fingerprint density at radius 2 is 1.57 bits per heavy atom. The molecule has 1 unspecified atom stereocenters. The SMILES string of the molecule is CCCCCCCCC(OC(=O)OCCCC)c1ccccc1. The van der Waals surface area contributed by atoms with Gasteiger partial charge in [0.2, 0.25) is 0 Å². The second kappa shape index (κ2) is 13.0. The van der Waals surface area contributed by atoms with Gasteiger partial charge in [-0.2, -0.15) is 0 Å². The fraction of sp³-hybridized carbons (Fsp3) is 0.650. The molecule has 0 bridgehead atoms. The van der Waals surface area contributed by atoms with Gasteiger partial charge in [-0.1, -0.05) is 82.7 Å². The molecule has 0 fully saturated rings. The molecule has 1 aromatic rings. The van der Waals surface area contributed by atoms with E-state index >= 15 is 0 Å². The molecule has 130 valence electrons. The lowest BCUT2D eigenvalue weighted by Gasteiger charge is -2.18. The molecule has 0 aliphatic carbocycles. The van der Waals surface area contributed by atoms with Crippen LogP contribution in [-0.2, 0) is 9.47 Å². The minimum atomic E-state index is -0.543. The van der Waals surface area contributed by atoms with Gasteiger partial charge in [0.15, 0.2) is 0 Å². The van der Waals surface area contributed by atoms with Crippen molar-refractivity contribution in [1.29, 1.82) is 0 Å². The Bertz CT molecular complexity index is 403. The first-order valence-electron chi connectivity index (χ1n) is 9.16. The zero-order chi connectivity index (χ0) is 16.8. The first kappa shape index (κ1) is 19.5. The molecular formula is C20H32O3. The Labute approximate surface area is 141 Å². The van der Waals surface area contributed by atoms with Gasteiger partial charge in [0.05, 0.1) is 6.61 Å². The van der Waals surface area contributed by atoms with Crippen molar-refractivity contribution in [2.75, 3.05) is 6.61 Å². The van der Waals surface area contributed by atoms with Gasteiger partial charge in [-0.25, -0.2) is 4.79 Å². The lowest BCUT2D eigenvalue weighted by atomic mass is 10.0. The number of unbranched alkanes of at least 4 members (excludes halogenated alkanes) is 6. The molecule has 0 aliphatic rings. The van der Waals surface area contributed by atoms with Crippen LogP contribution in [0.2, 0.25) is 0 Å². The summed E-state index contributed by atoms with van der Waals surface area (Å²) in [6.07, 6.45) is 9.40. The average Bonchev–Trinajstić information content (AvgIpc) is 2.58. The van der Waals surface area contributed by atoms with Gasteiger partial charge in [0.25, 0.3) is 0 Å². The summed E-state index contributed by atoms with van der Waals surface area (Å²) in [6, 6.07) is 9.97. The summed E-state index contributed by atoms with van der Waals surface area (Å²) in [6.45, 7) is 4.73. The molecule has 0 amide bonds. The minimum Gasteiger partial charge on any atom is -0.434 e. The van der Waals surface area contributed by atoms with Crippen LogP contribution in [0.4, 0.5) is 4.79 Å². The van der Waals surface area contributed by atoms with E-state index in [1.807, 2.05) is 30.3 Å². The normalized spacial score (nSPS) is 11.9. The number of carbonyl (C=O) groups is 1. The minimum absolute atomic E-state index is 0.198. The molecule has 0 spiro atoms. The fourth-order valence-corrected chi connectivity index (χ4v) is 2.52. The predicted molar refractivity (Wildman–Crippen MR) is 94.5 cm³/mol. The van der Waals surface area contributed by atoms with Crippen LogP contribution in [0.25, 0.3) is 0 Å². The second-order valence-corrected chi connectivity index (χ2v) is 6.03. The molecule has 1 rings (SSSR count). The van der Waals surface area contributed by atoms with Crippen LogP contribution >= 0.6 is 0 Å². The quantitative estimate of drug-likeness (QED) is 0.329. The van der Waals surface area contributed by atoms with Gasteiger partial charge in [0, 0.05) is 0 Å². The Kier molecular flexibility index (Phi) is 11.0. The summed E-state index contributed by atoms with van der Waals surface area (Å²) in [5.41, 5.74) is 1.05. The van der Waals surface area contributed by atoms with Gasteiger partial charge in [-0.15, -0.1) is 0 Å². The number of hydrogen-bond donors (Lipinski definition) is 0. The molecule has 23 heavy (non-hydrogen) atoms. The van der Waals surface area contributed by atoms with E-state index in [1.54, 1.807) is 0 Å². The average molecular weight is 320 g/mol. The van der Waals surface area contributed by atoms with Crippen molar-refractivity contribution in [2.45, 2.75) is 77.7 Å². The molecule has 3 heteroatoms. The Morgan fingerprint density at radius 1 is 0.913 bits per heavy atom. The van der Waals surface area contributed by atoms with Gasteiger partial charge in [-0.05, 0) is 24.8 Å². The molecule has 1 aromatic carbocycles. The van der Waals surface area contributed by atoms with E-state index in [0.29, 0.717) is 6.61 Å². The van der Waals surface area contributed by atoms with Gasteiger partial charge >= 0.3 is 6.16 Å². The van der Waals surface area contributed by atoms with E-state index in [1.165, 1.54) is 32.1 Å².